The fourth-order valence-electron chi connectivity index (χ4n) is 4.87. The molecule has 144 valence electrons. The van der Waals surface area contributed by atoms with Crippen LogP contribution in [0.2, 0.25) is 0 Å². The van der Waals surface area contributed by atoms with Crippen molar-refractivity contribution in [1.29, 1.82) is 0 Å². The Morgan fingerprint density at radius 3 is 2.82 bits per heavy atom. The summed E-state index contributed by atoms with van der Waals surface area (Å²) in [6.45, 7) is 4.91. The molecule has 0 unspecified atom stereocenters. The van der Waals surface area contributed by atoms with Crippen LogP contribution in [0, 0.1) is 6.92 Å². The minimum Gasteiger partial charge on any atom is -0.311 e. The van der Waals surface area contributed by atoms with Gasteiger partial charge < -0.3 is 4.98 Å². The van der Waals surface area contributed by atoms with E-state index < -0.39 is 0 Å². The number of hydrogen-bond acceptors (Lipinski definition) is 4. The Morgan fingerprint density at radius 2 is 2.04 bits per heavy atom. The standard InChI is InChI=1S/C22H25N5O/c1-16-24-20-19(21(28)25-16)6-7-22(20)8-12-26(13-9-22)15-17-4-2-5-18(14-17)27-11-3-10-23-27/h2-5,10-11,14H,6-9,12-13,15H2,1H3,(H,24,25,28). The lowest BCUT2D eigenvalue weighted by Gasteiger charge is -2.39. The van der Waals surface area contributed by atoms with Crippen LogP contribution in [0.25, 0.3) is 5.69 Å². The van der Waals surface area contributed by atoms with Crippen LogP contribution in [0.4, 0.5) is 0 Å². The molecule has 5 rings (SSSR count). The summed E-state index contributed by atoms with van der Waals surface area (Å²) in [5, 5.41) is 4.33. The first-order chi connectivity index (χ1) is 13.6. The SMILES string of the molecule is Cc1nc2c(c(=O)[nH]1)CCC21CCN(Cc2cccc(-n3cccn3)c2)CC1. The van der Waals surface area contributed by atoms with E-state index in [4.69, 9.17) is 4.98 Å². The second-order valence-electron chi connectivity index (χ2n) is 8.16. The van der Waals surface area contributed by atoms with Gasteiger partial charge in [0.2, 0.25) is 0 Å². The maximum absolute atomic E-state index is 12.3. The molecular formula is C22H25N5O. The van der Waals surface area contributed by atoms with Crippen LogP contribution in [0.3, 0.4) is 0 Å². The minimum absolute atomic E-state index is 0.0669. The van der Waals surface area contributed by atoms with Crippen molar-refractivity contribution in [3.8, 4) is 5.69 Å². The van der Waals surface area contributed by atoms with E-state index in [0.29, 0.717) is 0 Å². The van der Waals surface area contributed by atoms with Crippen LogP contribution < -0.4 is 5.56 Å². The first-order valence-corrected chi connectivity index (χ1v) is 10.0. The molecular weight excluding hydrogens is 350 g/mol. The van der Waals surface area contributed by atoms with Crippen LogP contribution >= 0.6 is 0 Å². The smallest absolute Gasteiger partial charge is 0.254 e. The van der Waals surface area contributed by atoms with E-state index in [2.05, 4.69) is 39.2 Å². The summed E-state index contributed by atoms with van der Waals surface area (Å²) in [5.41, 5.74) is 4.57. The number of nitrogens with one attached hydrogen (secondary N) is 1. The van der Waals surface area contributed by atoms with Crippen molar-refractivity contribution in [2.75, 3.05) is 13.1 Å². The Bertz CT molecular complexity index is 1050. The van der Waals surface area contributed by atoms with Gasteiger partial charge in [0.05, 0.1) is 11.4 Å². The summed E-state index contributed by atoms with van der Waals surface area (Å²) in [6.07, 6.45) is 7.85. The summed E-state index contributed by atoms with van der Waals surface area (Å²) in [6, 6.07) is 10.5. The molecule has 1 aliphatic carbocycles. The van der Waals surface area contributed by atoms with Crippen molar-refractivity contribution in [2.24, 2.45) is 0 Å². The molecule has 1 saturated heterocycles. The number of H-pyrrole nitrogens is 1. The molecule has 6 heteroatoms. The van der Waals surface area contributed by atoms with Crippen LogP contribution in [0.15, 0.2) is 47.5 Å². The second kappa shape index (κ2) is 6.71. The zero-order chi connectivity index (χ0) is 19.1. The monoisotopic (exact) mass is 375 g/mol. The van der Waals surface area contributed by atoms with Crippen LogP contribution in [-0.2, 0) is 18.4 Å². The van der Waals surface area contributed by atoms with Crippen molar-refractivity contribution < 1.29 is 0 Å². The van der Waals surface area contributed by atoms with Gasteiger partial charge in [-0.05, 0) is 69.5 Å². The third-order valence-corrected chi connectivity index (χ3v) is 6.39. The van der Waals surface area contributed by atoms with E-state index in [1.54, 1.807) is 6.20 Å². The highest BCUT2D eigenvalue weighted by Gasteiger charge is 2.43. The van der Waals surface area contributed by atoms with Gasteiger partial charge in [-0.15, -0.1) is 0 Å². The molecule has 1 N–H and O–H groups in total. The molecule has 1 spiro atoms. The zero-order valence-corrected chi connectivity index (χ0v) is 16.2. The Hall–Kier alpha value is -2.73. The van der Waals surface area contributed by atoms with Gasteiger partial charge in [-0.25, -0.2) is 9.67 Å². The van der Waals surface area contributed by atoms with Crippen molar-refractivity contribution >= 4 is 0 Å². The van der Waals surface area contributed by atoms with E-state index in [0.717, 1.165) is 68.1 Å². The average Bonchev–Trinajstić information content (AvgIpc) is 3.34. The van der Waals surface area contributed by atoms with Crippen LogP contribution in [-0.4, -0.2) is 37.7 Å². The fraction of sp³-hybridized carbons (Fsp3) is 0.409. The van der Waals surface area contributed by atoms with Crippen molar-refractivity contribution in [2.45, 2.75) is 44.6 Å². The number of benzene rings is 1. The van der Waals surface area contributed by atoms with Crippen molar-refractivity contribution in [3.63, 3.8) is 0 Å². The Balaban J connectivity index is 1.31. The van der Waals surface area contributed by atoms with E-state index in [-0.39, 0.29) is 11.0 Å². The molecule has 0 radical (unpaired) electrons. The Labute approximate surface area is 164 Å². The molecule has 0 saturated carbocycles. The van der Waals surface area contributed by atoms with Crippen molar-refractivity contribution in [3.05, 3.63) is 75.7 Å². The van der Waals surface area contributed by atoms with Gasteiger partial charge in [-0.3, -0.25) is 9.69 Å². The highest BCUT2D eigenvalue weighted by atomic mass is 16.1. The second-order valence-corrected chi connectivity index (χ2v) is 8.16. The molecule has 1 aliphatic heterocycles. The van der Waals surface area contributed by atoms with Gasteiger partial charge in [0, 0.05) is 29.9 Å². The zero-order valence-electron chi connectivity index (χ0n) is 16.2. The van der Waals surface area contributed by atoms with E-state index in [1.165, 1.54) is 5.56 Å². The summed E-state index contributed by atoms with van der Waals surface area (Å²) < 4.78 is 1.90. The topological polar surface area (TPSA) is 66.8 Å². The molecule has 3 aromatic rings. The predicted octanol–water partition coefficient (Wildman–Crippen LogP) is 2.74. The first-order valence-electron chi connectivity index (χ1n) is 10.0. The van der Waals surface area contributed by atoms with Crippen molar-refractivity contribution in [1.82, 2.24) is 24.6 Å². The number of aromatic nitrogens is 4. The lowest BCUT2D eigenvalue weighted by Crippen LogP contribution is -2.41. The Morgan fingerprint density at radius 1 is 1.18 bits per heavy atom. The average molecular weight is 375 g/mol. The summed E-state index contributed by atoms with van der Waals surface area (Å²) in [7, 11) is 0. The molecule has 1 fully saturated rings. The number of hydrogen-bond donors (Lipinski definition) is 1. The van der Waals surface area contributed by atoms with Gasteiger partial charge in [-0.1, -0.05) is 12.1 Å². The molecule has 2 aromatic heterocycles. The Kier molecular flexibility index (Phi) is 4.16. The minimum atomic E-state index is 0.0669. The first kappa shape index (κ1) is 17.4. The van der Waals surface area contributed by atoms with Gasteiger partial charge in [0.25, 0.3) is 5.56 Å². The molecule has 2 aliphatic rings. The quantitative estimate of drug-likeness (QED) is 0.764. The maximum atomic E-state index is 12.3. The largest absolute Gasteiger partial charge is 0.311 e. The third-order valence-electron chi connectivity index (χ3n) is 6.39. The highest BCUT2D eigenvalue weighted by molar-refractivity contribution is 5.36. The highest BCUT2D eigenvalue weighted by Crippen LogP contribution is 2.44. The van der Waals surface area contributed by atoms with Crippen LogP contribution in [0.1, 0.15) is 41.9 Å². The number of likely N-dealkylation sites (tertiary alicyclic amines) is 1. The lowest BCUT2D eigenvalue weighted by molar-refractivity contribution is 0.150. The summed E-state index contributed by atoms with van der Waals surface area (Å²) in [4.78, 5) is 22.4. The molecule has 1 aromatic carbocycles. The van der Waals surface area contributed by atoms with E-state index >= 15 is 0 Å². The number of piperidine rings is 1. The maximum Gasteiger partial charge on any atom is 0.254 e. The number of rotatable bonds is 3. The molecule has 0 bridgehead atoms. The van der Waals surface area contributed by atoms with Gasteiger partial charge in [-0.2, -0.15) is 5.10 Å². The summed E-state index contributed by atoms with van der Waals surface area (Å²) in [5.74, 6) is 0.739. The third kappa shape index (κ3) is 2.98. The van der Waals surface area contributed by atoms with Gasteiger partial charge in [0.15, 0.2) is 0 Å². The lowest BCUT2D eigenvalue weighted by atomic mass is 9.76. The normalized spacial score (nSPS) is 18.5. The van der Waals surface area contributed by atoms with E-state index in [1.807, 2.05) is 23.9 Å². The molecule has 6 nitrogen and oxygen atoms in total. The molecule has 3 heterocycles. The molecule has 0 atom stereocenters. The fourth-order valence-corrected chi connectivity index (χ4v) is 4.87. The molecule has 28 heavy (non-hydrogen) atoms. The predicted molar refractivity (Wildman–Crippen MR) is 108 cm³/mol. The number of aryl methyl sites for hydroxylation is 1. The van der Waals surface area contributed by atoms with Crippen LogP contribution in [0.5, 0.6) is 0 Å². The van der Waals surface area contributed by atoms with E-state index in [9.17, 15) is 4.79 Å². The van der Waals surface area contributed by atoms with Gasteiger partial charge >= 0.3 is 0 Å². The molecule has 0 amide bonds. The summed E-state index contributed by atoms with van der Waals surface area (Å²) >= 11 is 0. The number of aromatic amines is 1. The number of nitrogens with zero attached hydrogens (tertiary/aromatic N) is 4. The number of fused-ring (bicyclic) bond motifs is 2. The van der Waals surface area contributed by atoms with Gasteiger partial charge in [0.1, 0.15) is 5.82 Å².